The van der Waals surface area contributed by atoms with Crippen LogP contribution in [-0.4, -0.2) is 40.9 Å². The number of amides is 2. The van der Waals surface area contributed by atoms with E-state index in [-0.39, 0.29) is 5.91 Å². The van der Waals surface area contributed by atoms with Crippen LogP contribution in [0.5, 0.6) is 0 Å². The molecule has 2 amide bonds. The lowest BCUT2D eigenvalue weighted by molar-refractivity contribution is -0.135. The van der Waals surface area contributed by atoms with E-state index in [9.17, 15) is 14.4 Å². The second-order valence-corrected chi connectivity index (χ2v) is 5.36. The Morgan fingerprint density at radius 1 is 1.19 bits per heavy atom. The van der Waals surface area contributed by atoms with Gasteiger partial charge in [0.25, 0.3) is 5.91 Å². The highest BCUT2D eigenvalue weighted by Crippen LogP contribution is 2.11. The molecule has 1 aromatic rings. The van der Waals surface area contributed by atoms with E-state index in [0.29, 0.717) is 17.0 Å². The summed E-state index contributed by atoms with van der Waals surface area (Å²) in [6, 6.07) is 6.29. The molecule has 0 aliphatic rings. The summed E-state index contributed by atoms with van der Waals surface area (Å²) in [6.07, 6.45) is 1.03. The summed E-state index contributed by atoms with van der Waals surface area (Å²) in [5, 5.41) is 13.5. The molecule has 0 radical (unpaired) electrons. The molecule has 0 aliphatic heterocycles. The molecule has 0 unspecified atom stereocenters. The van der Waals surface area contributed by atoms with Gasteiger partial charge in [0.1, 0.15) is 6.54 Å². The van der Waals surface area contributed by atoms with Gasteiger partial charge in [-0.1, -0.05) is 6.92 Å². The third-order valence-corrected chi connectivity index (χ3v) is 3.58. The minimum Gasteiger partial charge on any atom is -0.480 e. The Bertz CT molecular complexity index is 502. The molecule has 0 spiro atoms. The largest absolute Gasteiger partial charge is 0.480 e. The quantitative estimate of drug-likeness (QED) is 0.634. The number of anilines is 1. The van der Waals surface area contributed by atoms with Crippen molar-refractivity contribution in [3.8, 4) is 0 Å². The van der Waals surface area contributed by atoms with Gasteiger partial charge in [0.05, 0.1) is 5.75 Å². The molecular weight excluding hydrogens is 292 g/mol. The lowest BCUT2D eigenvalue weighted by atomic mass is 10.2. The number of carboxylic acid groups (broad SMARTS) is 1. The number of aliphatic carboxylic acids is 1. The van der Waals surface area contributed by atoms with Gasteiger partial charge < -0.3 is 15.7 Å². The normalized spacial score (nSPS) is 9.95. The van der Waals surface area contributed by atoms with E-state index in [0.717, 1.165) is 12.2 Å². The van der Waals surface area contributed by atoms with Gasteiger partial charge in [-0.15, -0.1) is 0 Å². The van der Waals surface area contributed by atoms with E-state index in [1.807, 2.05) is 0 Å². The SMILES string of the molecule is CCCSCC(=O)Nc1ccc(C(=O)NCC(=O)O)cc1. The van der Waals surface area contributed by atoms with E-state index >= 15 is 0 Å². The van der Waals surface area contributed by atoms with Gasteiger partial charge in [-0.2, -0.15) is 11.8 Å². The van der Waals surface area contributed by atoms with Crippen LogP contribution < -0.4 is 10.6 Å². The molecular formula is C14H18N2O4S. The Morgan fingerprint density at radius 3 is 2.43 bits per heavy atom. The summed E-state index contributed by atoms with van der Waals surface area (Å²) in [5.41, 5.74) is 0.946. The summed E-state index contributed by atoms with van der Waals surface area (Å²) in [5.74, 6) is -0.313. The summed E-state index contributed by atoms with van der Waals surface area (Å²) in [7, 11) is 0. The number of carbonyl (C=O) groups excluding carboxylic acids is 2. The predicted molar refractivity (Wildman–Crippen MR) is 82.7 cm³/mol. The number of benzene rings is 1. The van der Waals surface area contributed by atoms with E-state index in [1.54, 1.807) is 23.9 Å². The first kappa shape index (κ1) is 17.0. The Hall–Kier alpha value is -2.02. The summed E-state index contributed by atoms with van der Waals surface area (Å²) in [6.45, 7) is 1.63. The zero-order valence-corrected chi connectivity index (χ0v) is 12.5. The van der Waals surface area contributed by atoms with Crippen LogP contribution in [0.3, 0.4) is 0 Å². The predicted octanol–water partition coefficient (Wildman–Crippen LogP) is 1.58. The van der Waals surface area contributed by atoms with E-state index in [2.05, 4.69) is 17.6 Å². The zero-order chi connectivity index (χ0) is 15.7. The van der Waals surface area contributed by atoms with Gasteiger partial charge >= 0.3 is 5.97 Å². The molecule has 0 bridgehead atoms. The van der Waals surface area contributed by atoms with Crippen molar-refractivity contribution in [3.63, 3.8) is 0 Å². The van der Waals surface area contributed by atoms with Crippen LogP contribution in [0.15, 0.2) is 24.3 Å². The van der Waals surface area contributed by atoms with Gasteiger partial charge in [-0.25, -0.2) is 0 Å². The second kappa shape index (κ2) is 9.02. The molecule has 7 heteroatoms. The van der Waals surface area contributed by atoms with Gasteiger partial charge in [0, 0.05) is 11.3 Å². The Kier molecular flexibility index (Phi) is 7.31. The highest BCUT2D eigenvalue weighted by Gasteiger charge is 2.07. The molecule has 0 atom stereocenters. The van der Waals surface area contributed by atoms with Gasteiger partial charge in [-0.3, -0.25) is 14.4 Å². The lowest BCUT2D eigenvalue weighted by Gasteiger charge is -2.06. The van der Waals surface area contributed by atoms with Crippen LogP contribution >= 0.6 is 11.8 Å². The van der Waals surface area contributed by atoms with Crippen molar-refractivity contribution in [1.29, 1.82) is 0 Å². The van der Waals surface area contributed by atoms with E-state index in [1.165, 1.54) is 12.1 Å². The fraction of sp³-hybridized carbons (Fsp3) is 0.357. The minimum absolute atomic E-state index is 0.0865. The second-order valence-electron chi connectivity index (χ2n) is 4.25. The molecule has 0 saturated carbocycles. The van der Waals surface area contributed by atoms with Crippen LogP contribution in [-0.2, 0) is 9.59 Å². The van der Waals surface area contributed by atoms with Crippen molar-refractivity contribution in [2.45, 2.75) is 13.3 Å². The van der Waals surface area contributed by atoms with E-state index in [4.69, 9.17) is 5.11 Å². The molecule has 0 heterocycles. The number of hydrogen-bond donors (Lipinski definition) is 3. The van der Waals surface area contributed by atoms with Crippen LogP contribution in [0.2, 0.25) is 0 Å². The van der Waals surface area contributed by atoms with Crippen molar-refractivity contribution in [1.82, 2.24) is 5.32 Å². The number of hydrogen-bond acceptors (Lipinski definition) is 4. The summed E-state index contributed by atoms with van der Waals surface area (Å²) < 4.78 is 0. The van der Waals surface area contributed by atoms with Gasteiger partial charge in [-0.05, 0) is 36.4 Å². The third-order valence-electron chi connectivity index (χ3n) is 2.41. The number of carbonyl (C=O) groups is 3. The molecule has 6 nitrogen and oxygen atoms in total. The van der Waals surface area contributed by atoms with Crippen molar-refractivity contribution in [3.05, 3.63) is 29.8 Å². The topological polar surface area (TPSA) is 95.5 Å². The van der Waals surface area contributed by atoms with Crippen molar-refractivity contribution in [2.24, 2.45) is 0 Å². The van der Waals surface area contributed by atoms with E-state index < -0.39 is 18.4 Å². The highest BCUT2D eigenvalue weighted by atomic mass is 32.2. The maximum atomic E-state index is 11.6. The van der Waals surface area contributed by atoms with Crippen molar-refractivity contribution < 1.29 is 19.5 Å². The van der Waals surface area contributed by atoms with Crippen LogP contribution in [0.1, 0.15) is 23.7 Å². The number of thioether (sulfide) groups is 1. The van der Waals surface area contributed by atoms with Crippen LogP contribution in [0.4, 0.5) is 5.69 Å². The first-order valence-corrected chi connectivity index (χ1v) is 7.66. The zero-order valence-electron chi connectivity index (χ0n) is 11.7. The Labute approximate surface area is 127 Å². The van der Waals surface area contributed by atoms with Crippen LogP contribution in [0, 0.1) is 0 Å². The average Bonchev–Trinajstić information content (AvgIpc) is 2.45. The van der Waals surface area contributed by atoms with Crippen LogP contribution in [0.25, 0.3) is 0 Å². The number of rotatable bonds is 8. The summed E-state index contributed by atoms with van der Waals surface area (Å²) in [4.78, 5) is 33.6. The van der Waals surface area contributed by atoms with Gasteiger partial charge in [0.15, 0.2) is 0 Å². The maximum absolute atomic E-state index is 11.6. The van der Waals surface area contributed by atoms with Gasteiger partial charge in [0.2, 0.25) is 5.91 Å². The highest BCUT2D eigenvalue weighted by molar-refractivity contribution is 7.99. The molecule has 21 heavy (non-hydrogen) atoms. The number of carboxylic acids is 1. The minimum atomic E-state index is -1.10. The molecule has 0 fully saturated rings. The maximum Gasteiger partial charge on any atom is 0.322 e. The van der Waals surface area contributed by atoms with Crippen molar-refractivity contribution >= 4 is 35.2 Å². The Morgan fingerprint density at radius 2 is 1.86 bits per heavy atom. The van der Waals surface area contributed by atoms with Crippen molar-refractivity contribution in [2.75, 3.05) is 23.4 Å². The first-order chi connectivity index (χ1) is 10.0. The molecule has 0 aromatic heterocycles. The molecule has 1 rings (SSSR count). The lowest BCUT2D eigenvalue weighted by Crippen LogP contribution is -2.29. The molecule has 0 saturated heterocycles. The summed E-state index contributed by atoms with van der Waals surface area (Å²) >= 11 is 1.57. The number of nitrogens with one attached hydrogen (secondary N) is 2. The molecule has 0 aliphatic carbocycles. The fourth-order valence-electron chi connectivity index (χ4n) is 1.47. The monoisotopic (exact) mass is 310 g/mol. The fourth-order valence-corrected chi connectivity index (χ4v) is 2.16. The first-order valence-electron chi connectivity index (χ1n) is 6.50. The molecule has 3 N–H and O–H groups in total. The molecule has 114 valence electrons. The Balaban J connectivity index is 2.48. The third kappa shape index (κ3) is 6.80. The average molecular weight is 310 g/mol. The standard InChI is InChI=1S/C14H18N2O4S/c1-2-7-21-9-12(17)16-11-5-3-10(4-6-11)14(20)15-8-13(18)19/h3-6H,2,7-9H2,1H3,(H,15,20)(H,16,17)(H,18,19). The molecule has 1 aromatic carbocycles. The smallest absolute Gasteiger partial charge is 0.322 e.